The van der Waals surface area contributed by atoms with Crippen LogP contribution in [0.3, 0.4) is 0 Å². The summed E-state index contributed by atoms with van der Waals surface area (Å²) in [6.45, 7) is 1.06. The zero-order chi connectivity index (χ0) is 10.8. The second-order valence-electron chi connectivity index (χ2n) is 3.42. The summed E-state index contributed by atoms with van der Waals surface area (Å²) in [5, 5.41) is 0. The third-order valence-corrected chi connectivity index (χ3v) is 2.46. The number of carbonyl (C=O) groups excluding carboxylic acids is 1. The Morgan fingerprint density at radius 3 is 2.93 bits per heavy atom. The van der Waals surface area contributed by atoms with Gasteiger partial charge in [-0.25, -0.2) is 4.79 Å². The van der Waals surface area contributed by atoms with E-state index in [1.54, 1.807) is 12.0 Å². The second kappa shape index (κ2) is 3.84. The highest BCUT2D eigenvalue weighted by molar-refractivity contribution is 6.34. The molecular weight excluding hydrogens is 193 g/mol. The lowest BCUT2D eigenvalue weighted by Crippen LogP contribution is -2.24. The summed E-state index contributed by atoms with van der Waals surface area (Å²) in [6.07, 6.45) is -0.291. The van der Waals surface area contributed by atoms with Gasteiger partial charge < -0.3 is 9.47 Å². The van der Waals surface area contributed by atoms with Crippen LogP contribution in [0, 0.1) is 0 Å². The summed E-state index contributed by atoms with van der Waals surface area (Å²) in [6, 6.07) is 5.67. The summed E-state index contributed by atoms with van der Waals surface area (Å²) >= 11 is 0. The minimum absolute atomic E-state index is 0.291. The zero-order valence-electron chi connectivity index (χ0n) is 8.82. The number of rotatable bonds is 2. The topological polar surface area (TPSA) is 38.8 Å². The number of nitrogens with zero attached hydrogens (tertiary/aromatic N) is 1. The van der Waals surface area contributed by atoms with E-state index < -0.39 is 0 Å². The van der Waals surface area contributed by atoms with Crippen LogP contribution in [0.5, 0.6) is 5.75 Å². The quantitative estimate of drug-likeness (QED) is 0.633. The van der Waals surface area contributed by atoms with Crippen molar-refractivity contribution in [2.45, 2.75) is 0 Å². The van der Waals surface area contributed by atoms with Crippen molar-refractivity contribution in [3.8, 4) is 5.75 Å². The summed E-state index contributed by atoms with van der Waals surface area (Å²) < 4.78 is 10.1. The van der Waals surface area contributed by atoms with E-state index in [1.165, 1.54) is 0 Å². The lowest BCUT2D eigenvalue weighted by molar-refractivity contribution is 0.181. The molecule has 0 saturated carbocycles. The predicted octanol–water partition coefficient (Wildman–Crippen LogP) is -0.0898. The molecule has 1 aromatic carbocycles. The summed E-state index contributed by atoms with van der Waals surface area (Å²) in [7, 11) is 3.58. The minimum atomic E-state index is -0.291. The van der Waals surface area contributed by atoms with Gasteiger partial charge in [0.25, 0.3) is 0 Å². The van der Waals surface area contributed by atoms with Gasteiger partial charge in [-0.3, -0.25) is 4.90 Å². The van der Waals surface area contributed by atoms with Crippen LogP contribution in [0.1, 0.15) is 0 Å². The van der Waals surface area contributed by atoms with Gasteiger partial charge in [0.1, 0.15) is 20.2 Å². The van der Waals surface area contributed by atoms with Crippen LogP contribution in [-0.4, -0.2) is 34.2 Å². The van der Waals surface area contributed by atoms with Crippen molar-refractivity contribution in [1.82, 2.24) is 0 Å². The maximum Gasteiger partial charge on any atom is 0.414 e. The van der Waals surface area contributed by atoms with Gasteiger partial charge >= 0.3 is 6.09 Å². The van der Waals surface area contributed by atoms with Crippen LogP contribution < -0.4 is 15.1 Å². The smallest absolute Gasteiger partial charge is 0.414 e. The largest absolute Gasteiger partial charge is 0.497 e. The predicted molar refractivity (Wildman–Crippen MR) is 59.9 cm³/mol. The summed E-state index contributed by atoms with van der Waals surface area (Å²) in [4.78, 5) is 12.9. The van der Waals surface area contributed by atoms with Gasteiger partial charge in [0.2, 0.25) is 0 Å². The van der Waals surface area contributed by atoms with E-state index in [0.29, 0.717) is 13.2 Å². The Morgan fingerprint density at radius 1 is 1.53 bits per heavy atom. The number of carbonyl (C=O) groups is 1. The number of hydrogen-bond donors (Lipinski definition) is 0. The van der Waals surface area contributed by atoms with Crippen molar-refractivity contribution >= 4 is 25.1 Å². The summed E-state index contributed by atoms with van der Waals surface area (Å²) in [5.41, 5.74) is 1.87. The number of hydrogen-bond acceptors (Lipinski definition) is 3. The molecule has 1 aliphatic heterocycles. The Labute approximate surface area is 89.2 Å². The molecule has 0 unspecified atom stereocenters. The maximum absolute atomic E-state index is 11.3. The Hall–Kier alpha value is -1.65. The lowest BCUT2D eigenvalue weighted by atomic mass is 9.94. The first kappa shape index (κ1) is 9.89. The molecule has 1 amide bonds. The molecule has 0 aromatic heterocycles. The van der Waals surface area contributed by atoms with Gasteiger partial charge in [-0.2, -0.15) is 0 Å². The van der Waals surface area contributed by atoms with Crippen LogP contribution in [0.15, 0.2) is 18.2 Å². The van der Waals surface area contributed by atoms with E-state index in [9.17, 15) is 4.79 Å². The van der Waals surface area contributed by atoms with E-state index in [-0.39, 0.29) is 6.09 Å². The van der Waals surface area contributed by atoms with E-state index in [0.717, 1.165) is 16.9 Å². The Morgan fingerprint density at radius 2 is 2.33 bits per heavy atom. The fraction of sp³-hybridized carbons (Fsp3) is 0.300. The van der Waals surface area contributed by atoms with Crippen LogP contribution in [-0.2, 0) is 4.74 Å². The maximum atomic E-state index is 11.3. The normalized spacial score (nSPS) is 15.3. The van der Waals surface area contributed by atoms with Crippen molar-refractivity contribution in [3.63, 3.8) is 0 Å². The molecule has 15 heavy (non-hydrogen) atoms. The van der Waals surface area contributed by atoms with E-state index in [1.807, 2.05) is 26.0 Å². The van der Waals surface area contributed by atoms with Gasteiger partial charge in [-0.15, -0.1) is 0 Å². The van der Waals surface area contributed by atoms with E-state index >= 15 is 0 Å². The Bertz CT molecular complexity index is 394. The molecule has 2 rings (SSSR count). The zero-order valence-corrected chi connectivity index (χ0v) is 8.82. The average Bonchev–Trinajstić information content (AvgIpc) is 2.65. The Balaban J connectivity index is 2.32. The second-order valence-corrected chi connectivity index (χ2v) is 3.42. The Kier molecular flexibility index (Phi) is 2.54. The summed E-state index contributed by atoms with van der Waals surface area (Å²) in [5.74, 6) is 0.784. The van der Waals surface area contributed by atoms with Crippen molar-refractivity contribution in [3.05, 3.63) is 18.2 Å². The minimum Gasteiger partial charge on any atom is -0.497 e. The molecule has 0 radical (unpaired) electrons. The monoisotopic (exact) mass is 205 g/mol. The average molecular weight is 205 g/mol. The molecule has 5 heteroatoms. The first-order valence-corrected chi connectivity index (χ1v) is 4.81. The molecule has 1 heterocycles. The molecule has 0 bridgehead atoms. The third kappa shape index (κ3) is 1.77. The number of benzene rings is 1. The molecule has 78 valence electrons. The first-order chi connectivity index (χ1) is 7.22. The van der Waals surface area contributed by atoms with Gasteiger partial charge in [-0.05, 0) is 11.5 Å². The van der Waals surface area contributed by atoms with Crippen molar-refractivity contribution in [2.24, 2.45) is 0 Å². The standard InChI is InChI=1S/C10H12BNO3/c1-14-9-6-7(2-3-8(9)11)12-4-5-15-10(12)13/h2-3,6H,4-5,11H2,1H3. The molecule has 4 nitrogen and oxygen atoms in total. The molecule has 0 spiro atoms. The van der Waals surface area contributed by atoms with E-state index in [4.69, 9.17) is 9.47 Å². The van der Waals surface area contributed by atoms with Gasteiger partial charge in [0.05, 0.1) is 19.3 Å². The number of ether oxygens (including phenoxy) is 2. The molecule has 1 fully saturated rings. The van der Waals surface area contributed by atoms with Gasteiger partial charge in [0, 0.05) is 6.07 Å². The van der Waals surface area contributed by atoms with Crippen molar-refractivity contribution in [1.29, 1.82) is 0 Å². The van der Waals surface area contributed by atoms with E-state index in [2.05, 4.69) is 0 Å². The number of cyclic esters (lactones) is 1. The molecule has 1 saturated heterocycles. The number of anilines is 1. The highest BCUT2D eigenvalue weighted by Crippen LogP contribution is 2.21. The molecule has 0 atom stereocenters. The highest BCUT2D eigenvalue weighted by atomic mass is 16.6. The van der Waals surface area contributed by atoms with Crippen LogP contribution in [0.25, 0.3) is 0 Å². The van der Waals surface area contributed by atoms with Gasteiger partial charge in [-0.1, -0.05) is 6.07 Å². The number of amides is 1. The molecule has 0 aliphatic carbocycles. The highest BCUT2D eigenvalue weighted by Gasteiger charge is 2.23. The van der Waals surface area contributed by atoms with Crippen molar-refractivity contribution < 1.29 is 14.3 Å². The van der Waals surface area contributed by atoms with Crippen LogP contribution in [0.4, 0.5) is 10.5 Å². The first-order valence-electron chi connectivity index (χ1n) is 4.81. The number of methoxy groups -OCH3 is 1. The molecule has 1 aromatic rings. The molecule has 0 N–H and O–H groups in total. The van der Waals surface area contributed by atoms with Gasteiger partial charge in [0.15, 0.2) is 0 Å². The van der Waals surface area contributed by atoms with Crippen molar-refractivity contribution in [2.75, 3.05) is 25.2 Å². The molecular formula is C10H12BNO3. The van der Waals surface area contributed by atoms with Crippen LogP contribution >= 0.6 is 0 Å². The lowest BCUT2D eigenvalue weighted by Gasteiger charge is -2.14. The SMILES string of the molecule is Bc1ccc(N2CCOC2=O)cc1OC. The fourth-order valence-electron chi connectivity index (χ4n) is 1.60. The fourth-order valence-corrected chi connectivity index (χ4v) is 1.60. The van der Waals surface area contributed by atoms with Crippen LogP contribution in [0.2, 0.25) is 0 Å². The molecule has 1 aliphatic rings. The third-order valence-electron chi connectivity index (χ3n) is 2.46.